The number of piperazine rings is 1. The minimum atomic E-state index is -0.516. The molecule has 0 bridgehead atoms. The lowest BCUT2D eigenvalue weighted by Gasteiger charge is -2.32. The molecule has 3 heterocycles. The number of hydrogen-bond acceptors (Lipinski definition) is 6. The summed E-state index contributed by atoms with van der Waals surface area (Å²) in [7, 11) is 2.16. The van der Waals surface area contributed by atoms with Crippen LogP contribution in [0.4, 0.5) is 0 Å². The fourth-order valence-electron chi connectivity index (χ4n) is 4.86. The van der Waals surface area contributed by atoms with Crippen LogP contribution in [0.1, 0.15) is 48.4 Å². The molecule has 1 fully saturated rings. The number of carbonyl (C=O) groups is 1. The van der Waals surface area contributed by atoms with Crippen molar-refractivity contribution in [1.29, 1.82) is 0 Å². The fraction of sp³-hybridized carbons (Fsp3) is 0.414. The third-order valence-electron chi connectivity index (χ3n) is 6.89. The second-order valence-corrected chi connectivity index (χ2v) is 10.0. The Balaban J connectivity index is 1.56. The van der Waals surface area contributed by atoms with Crippen LogP contribution in [0.5, 0.6) is 0 Å². The number of nitrogens with one attached hydrogen (secondary N) is 1. The van der Waals surface area contributed by atoms with Gasteiger partial charge in [-0.2, -0.15) is 0 Å². The molecule has 0 spiro atoms. The Kier molecular flexibility index (Phi) is 9.14. The van der Waals surface area contributed by atoms with Crippen LogP contribution in [0.25, 0.3) is 5.57 Å². The number of carbonyl (C=O) groups excluding carboxylic acids is 1. The van der Waals surface area contributed by atoms with Crippen molar-refractivity contribution in [1.82, 2.24) is 20.3 Å². The van der Waals surface area contributed by atoms with Gasteiger partial charge in [0.15, 0.2) is 5.76 Å². The molecule has 1 atom stereocenters. The zero-order valence-electron chi connectivity index (χ0n) is 22.0. The molecule has 7 nitrogen and oxygen atoms in total. The predicted molar refractivity (Wildman–Crippen MR) is 150 cm³/mol. The van der Waals surface area contributed by atoms with E-state index in [0.29, 0.717) is 17.3 Å². The monoisotopic (exact) mass is 521 g/mol. The number of aromatic nitrogens is 1. The Bertz CT molecular complexity index is 1200. The van der Waals surface area contributed by atoms with Gasteiger partial charge >= 0.3 is 0 Å². The Morgan fingerprint density at radius 2 is 1.95 bits per heavy atom. The van der Waals surface area contributed by atoms with Crippen LogP contribution in [0, 0.1) is 6.92 Å². The first-order valence-electron chi connectivity index (χ1n) is 12.9. The van der Waals surface area contributed by atoms with E-state index in [2.05, 4.69) is 33.9 Å². The van der Waals surface area contributed by atoms with Crippen molar-refractivity contribution in [3.8, 4) is 0 Å². The van der Waals surface area contributed by atoms with Crippen LogP contribution < -0.4 is 5.32 Å². The van der Waals surface area contributed by atoms with Gasteiger partial charge in [0, 0.05) is 48.9 Å². The molecule has 1 aromatic carbocycles. The zero-order chi connectivity index (χ0) is 26.4. The quantitative estimate of drug-likeness (QED) is 0.478. The molecule has 0 saturated carbocycles. The molecule has 0 aliphatic carbocycles. The van der Waals surface area contributed by atoms with Crippen molar-refractivity contribution in [2.45, 2.75) is 32.7 Å². The van der Waals surface area contributed by atoms with E-state index in [0.717, 1.165) is 72.8 Å². The van der Waals surface area contributed by atoms with E-state index in [-0.39, 0.29) is 12.3 Å². The molecule has 8 heteroatoms. The number of likely N-dealkylation sites (N-methyl/N-ethyl adjacent to an activating group) is 1. The lowest BCUT2D eigenvalue weighted by atomic mass is 9.92. The summed E-state index contributed by atoms with van der Waals surface area (Å²) < 4.78 is 5.80. The summed E-state index contributed by atoms with van der Waals surface area (Å²) >= 11 is 6.16. The summed E-state index contributed by atoms with van der Waals surface area (Å²) in [5, 5.41) is 7.97. The number of rotatable bonds is 9. The molecule has 2 aliphatic rings. The van der Waals surface area contributed by atoms with Gasteiger partial charge in [-0.3, -0.25) is 9.79 Å². The highest BCUT2D eigenvalue weighted by molar-refractivity contribution is 6.30. The van der Waals surface area contributed by atoms with E-state index in [1.54, 1.807) is 6.08 Å². The SMILES string of the molecule is C=CC1=C(/C=C\C)c2c(C)noc2[C@H](CC(=O)NCCCN2CCN(C)CC2)N=C1c1ccc(Cl)cc1. The molecule has 0 unspecified atom stereocenters. The van der Waals surface area contributed by atoms with Crippen molar-refractivity contribution in [2.24, 2.45) is 4.99 Å². The standard InChI is InChI=1S/C29H36ClN5O2/c1-5-8-24-23(6-2)28(21-9-11-22(30)12-10-21)32-25(29-27(24)20(3)33-37-29)19-26(36)31-13-7-14-35-17-15-34(4)16-18-35/h5-6,8-12,25H,2,7,13-19H2,1,3-4H3,(H,31,36)/b8-5-/t25-/m0/s1. The van der Waals surface area contributed by atoms with Crippen molar-refractivity contribution >= 4 is 28.8 Å². The number of aryl methyl sites for hydroxylation is 1. The first-order valence-corrected chi connectivity index (χ1v) is 13.3. The third kappa shape index (κ3) is 6.47. The van der Waals surface area contributed by atoms with Crippen molar-refractivity contribution < 1.29 is 9.32 Å². The number of halogens is 1. The molecular formula is C29H36ClN5O2. The lowest BCUT2D eigenvalue weighted by molar-refractivity contribution is -0.121. The van der Waals surface area contributed by atoms with Crippen LogP contribution >= 0.6 is 11.6 Å². The first kappa shape index (κ1) is 27.0. The van der Waals surface area contributed by atoms with Gasteiger partial charge in [0.25, 0.3) is 0 Å². The Hall–Kier alpha value is -3.00. The topological polar surface area (TPSA) is 74.0 Å². The normalized spacial score (nSPS) is 19.0. The summed E-state index contributed by atoms with van der Waals surface area (Å²) in [6.45, 7) is 13.9. The number of hydrogen-bond donors (Lipinski definition) is 1. The maximum atomic E-state index is 13.1. The van der Waals surface area contributed by atoms with E-state index in [1.807, 2.05) is 50.3 Å². The third-order valence-corrected chi connectivity index (χ3v) is 7.15. The Morgan fingerprint density at radius 1 is 1.22 bits per heavy atom. The molecule has 37 heavy (non-hydrogen) atoms. The first-order chi connectivity index (χ1) is 17.9. The molecule has 4 rings (SSSR count). The molecule has 196 valence electrons. The van der Waals surface area contributed by atoms with Gasteiger partial charge in [-0.1, -0.05) is 53.7 Å². The Morgan fingerprint density at radius 3 is 2.62 bits per heavy atom. The average molecular weight is 522 g/mol. The number of allylic oxidation sites excluding steroid dienone is 5. The van der Waals surface area contributed by atoms with E-state index in [1.165, 1.54) is 0 Å². The second-order valence-electron chi connectivity index (χ2n) is 9.59. The zero-order valence-corrected chi connectivity index (χ0v) is 22.7. The molecule has 0 radical (unpaired) electrons. The van der Waals surface area contributed by atoms with Crippen LogP contribution in [0.3, 0.4) is 0 Å². The summed E-state index contributed by atoms with van der Waals surface area (Å²) in [5.74, 6) is 0.540. The molecule has 2 aliphatic heterocycles. The van der Waals surface area contributed by atoms with Gasteiger partial charge in [-0.15, -0.1) is 0 Å². The van der Waals surface area contributed by atoms with Crippen LogP contribution in [-0.4, -0.2) is 72.9 Å². The number of amides is 1. The molecule has 1 N–H and O–H groups in total. The lowest BCUT2D eigenvalue weighted by Crippen LogP contribution is -2.45. The predicted octanol–water partition coefficient (Wildman–Crippen LogP) is 4.84. The maximum absolute atomic E-state index is 13.1. The fourth-order valence-corrected chi connectivity index (χ4v) is 4.99. The molecule has 1 amide bonds. The average Bonchev–Trinajstić information content (AvgIpc) is 3.21. The van der Waals surface area contributed by atoms with Gasteiger partial charge in [-0.25, -0.2) is 0 Å². The highest BCUT2D eigenvalue weighted by atomic mass is 35.5. The highest BCUT2D eigenvalue weighted by Gasteiger charge is 2.31. The number of aliphatic imine (C=N–C) groups is 1. The number of benzene rings is 1. The van der Waals surface area contributed by atoms with E-state index < -0.39 is 6.04 Å². The molecule has 1 saturated heterocycles. The van der Waals surface area contributed by atoms with E-state index in [4.69, 9.17) is 21.1 Å². The minimum Gasteiger partial charge on any atom is -0.358 e. The largest absolute Gasteiger partial charge is 0.358 e. The van der Waals surface area contributed by atoms with Crippen LogP contribution in [-0.2, 0) is 4.79 Å². The smallest absolute Gasteiger partial charge is 0.222 e. The van der Waals surface area contributed by atoms with Crippen molar-refractivity contribution in [2.75, 3.05) is 46.3 Å². The van der Waals surface area contributed by atoms with Gasteiger partial charge in [0.1, 0.15) is 6.04 Å². The van der Waals surface area contributed by atoms with Crippen LogP contribution in [0.15, 0.2) is 64.2 Å². The van der Waals surface area contributed by atoms with E-state index in [9.17, 15) is 4.79 Å². The number of fused-ring (bicyclic) bond motifs is 1. The van der Waals surface area contributed by atoms with Crippen molar-refractivity contribution in [3.05, 3.63) is 82.2 Å². The number of nitrogens with zero attached hydrogens (tertiary/aromatic N) is 4. The minimum absolute atomic E-state index is 0.0581. The maximum Gasteiger partial charge on any atom is 0.222 e. The summed E-state index contributed by atoms with van der Waals surface area (Å²) in [6, 6.07) is 7.04. The van der Waals surface area contributed by atoms with Gasteiger partial charge < -0.3 is 19.6 Å². The van der Waals surface area contributed by atoms with Crippen LogP contribution in [0.2, 0.25) is 5.02 Å². The second kappa shape index (κ2) is 12.5. The molecule has 2 aromatic rings. The summed E-state index contributed by atoms with van der Waals surface area (Å²) in [4.78, 5) is 22.9. The highest BCUT2D eigenvalue weighted by Crippen LogP contribution is 2.39. The van der Waals surface area contributed by atoms with Gasteiger partial charge in [0.05, 0.1) is 23.4 Å². The molecular weight excluding hydrogens is 486 g/mol. The van der Waals surface area contributed by atoms with Crippen molar-refractivity contribution in [3.63, 3.8) is 0 Å². The molecule has 1 aromatic heterocycles. The van der Waals surface area contributed by atoms with Gasteiger partial charge in [0.2, 0.25) is 5.91 Å². The summed E-state index contributed by atoms with van der Waals surface area (Å²) in [5.41, 5.74) is 5.06. The summed E-state index contributed by atoms with van der Waals surface area (Å²) in [6.07, 6.45) is 6.88. The van der Waals surface area contributed by atoms with Gasteiger partial charge in [-0.05, 0) is 51.6 Å². The Labute approximate surface area is 224 Å². The van der Waals surface area contributed by atoms with E-state index >= 15 is 0 Å².